The molecule has 4 nitrogen and oxygen atoms in total. The van der Waals surface area contributed by atoms with Crippen molar-refractivity contribution < 1.29 is 9.18 Å². The number of anilines is 1. The van der Waals surface area contributed by atoms with Crippen LogP contribution in [0, 0.1) is 5.82 Å². The van der Waals surface area contributed by atoms with Crippen molar-refractivity contribution in [1.29, 1.82) is 0 Å². The van der Waals surface area contributed by atoms with Gasteiger partial charge in [0.25, 0.3) is 0 Å². The fraction of sp³-hybridized carbons (Fsp3) is 0.167. The summed E-state index contributed by atoms with van der Waals surface area (Å²) in [5.41, 5.74) is 3.30. The van der Waals surface area contributed by atoms with Crippen molar-refractivity contribution in [3.05, 3.63) is 83.6 Å². The predicted octanol–water partition coefficient (Wildman–Crippen LogP) is 6.63. The molecule has 1 amide bonds. The van der Waals surface area contributed by atoms with Gasteiger partial charge in [-0.05, 0) is 41.5 Å². The van der Waals surface area contributed by atoms with Crippen molar-refractivity contribution in [3.8, 4) is 11.1 Å². The van der Waals surface area contributed by atoms with E-state index in [2.05, 4.69) is 29.6 Å². The Bertz CT molecular complexity index is 1110. The number of nitrogens with one attached hydrogen (secondary N) is 1. The summed E-state index contributed by atoms with van der Waals surface area (Å²) < 4.78 is 13.9. The van der Waals surface area contributed by atoms with Crippen molar-refractivity contribution in [2.24, 2.45) is 4.99 Å². The second-order valence-corrected chi connectivity index (χ2v) is 8.68. The highest BCUT2D eigenvalue weighted by Crippen LogP contribution is 2.29. The lowest BCUT2D eigenvalue weighted by Crippen LogP contribution is -2.33. The van der Waals surface area contributed by atoms with Crippen molar-refractivity contribution in [2.75, 3.05) is 18.1 Å². The molecule has 0 radical (unpaired) electrons. The van der Waals surface area contributed by atoms with Gasteiger partial charge in [-0.25, -0.2) is 9.38 Å². The average molecular weight is 490 g/mol. The molecule has 32 heavy (non-hydrogen) atoms. The summed E-state index contributed by atoms with van der Waals surface area (Å²) in [5.74, 6) is -0.0446. The van der Waals surface area contributed by atoms with Gasteiger partial charge in [0, 0.05) is 30.3 Å². The van der Waals surface area contributed by atoms with Gasteiger partial charge in [-0.1, -0.05) is 65.8 Å². The smallest absolute Gasteiger partial charge is 0.226 e. The van der Waals surface area contributed by atoms with Crippen molar-refractivity contribution >= 4 is 58.2 Å². The normalized spacial score (nSPS) is 16.7. The Kier molecular flexibility index (Phi) is 8.18. The molecule has 1 aliphatic rings. The fourth-order valence-corrected chi connectivity index (χ4v) is 4.69. The second kappa shape index (κ2) is 10.9. The minimum Gasteiger partial charge on any atom is -0.350 e. The van der Waals surface area contributed by atoms with Gasteiger partial charge in [0.2, 0.25) is 5.91 Å². The lowest BCUT2D eigenvalue weighted by molar-refractivity contribution is -0.116. The van der Waals surface area contributed by atoms with Gasteiger partial charge in [0.15, 0.2) is 5.17 Å². The first-order chi connectivity index (χ1) is 15.0. The number of thioether (sulfide) groups is 1. The van der Waals surface area contributed by atoms with Gasteiger partial charge in [0.05, 0.1) is 11.4 Å². The molecule has 3 aromatic carbocycles. The Morgan fingerprint density at radius 3 is 2.50 bits per heavy atom. The van der Waals surface area contributed by atoms with E-state index >= 15 is 0 Å². The highest BCUT2D eigenvalue weighted by atomic mass is 35.5. The van der Waals surface area contributed by atoms with Crippen molar-refractivity contribution in [2.45, 2.75) is 12.5 Å². The van der Waals surface area contributed by atoms with E-state index in [4.69, 9.17) is 16.6 Å². The molecule has 1 fully saturated rings. The number of hydrogen-bond donors (Lipinski definition) is 1. The zero-order chi connectivity index (χ0) is 21.8. The van der Waals surface area contributed by atoms with Gasteiger partial charge >= 0.3 is 0 Å². The second-order valence-electron chi connectivity index (χ2n) is 7.26. The summed E-state index contributed by atoms with van der Waals surface area (Å²) in [5, 5.41) is 3.78. The summed E-state index contributed by atoms with van der Waals surface area (Å²) in [6.07, 6.45) is 0.248. The maximum absolute atomic E-state index is 13.9. The minimum absolute atomic E-state index is 0. The SMILES string of the molecule is CN1C(=Nc2ccc(-c3ccccc3)cc2)SCC1CC(=O)Nc1ccc(Cl)cc1F.Cl. The van der Waals surface area contributed by atoms with Crippen LogP contribution in [0.15, 0.2) is 77.8 Å². The van der Waals surface area contributed by atoms with Crippen LogP contribution < -0.4 is 5.32 Å². The molecule has 3 aromatic rings. The number of halogens is 3. The van der Waals surface area contributed by atoms with Crippen molar-refractivity contribution in [3.63, 3.8) is 0 Å². The number of benzene rings is 3. The Balaban J connectivity index is 0.00000289. The summed E-state index contributed by atoms with van der Waals surface area (Å²) in [6.45, 7) is 0. The van der Waals surface area contributed by atoms with Gasteiger partial charge in [-0.15, -0.1) is 12.4 Å². The average Bonchev–Trinajstić information content (AvgIpc) is 3.10. The van der Waals surface area contributed by atoms with E-state index in [0.29, 0.717) is 5.02 Å². The Morgan fingerprint density at radius 2 is 1.81 bits per heavy atom. The molecule has 1 atom stereocenters. The van der Waals surface area contributed by atoms with E-state index in [1.807, 2.05) is 42.3 Å². The van der Waals surface area contributed by atoms with E-state index in [1.165, 1.54) is 12.1 Å². The number of carbonyl (C=O) groups excluding carboxylic acids is 1. The van der Waals surface area contributed by atoms with Crippen LogP contribution in [-0.2, 0) is 4.79 Å². The van der Waals surface area contributed by atoms with Crippen LogP contribution in [0.3, 0.4) is 0 Å². The molecule has 0 bridgehead atoms. The number of carbonyl (C=O) groups is 1. The molecular formula is C24H22Cl2FN3OS. The molecule has 1 unspecified atom stereocenters. The quantitative estimate of drug-likeness (QED) is 0.437. The van der Waals surface area contributed by atoms with E-state index in [1.54, 1.807) is 17.8 Å². The lowest BCUT2D eigenvalue weighted by Gasteiger charge is -2.20. The molecule has 0 spiro atoms. The molecule has 1 saturated heterocycles. The highest BCUT2D eigenvalue weighted by molar-refractivity contribution is 8.14. The first-order valence-corrected chi connectivity index (χ1v) is 11.2. The van der Waals surface area contributed by atoms with Crippen LogP contribution in [0.2, 0.25) is 5.02 Å². The van der Waals surface area contributed by atoms with Crippen LogP contribution >= 0.6 is 35.8 Å². The molecule has 8 heteroatoms. The molecular weight excluding hydrogens is 468 g/mol. The standard InChI is InChI=1S/C24H21ClFN3OS.ClH/c1-29-20(14-23(30)28-22-12-9-18(25)13-21(22)26)15-31-24(29)27-19-10-7-17(8-11-19)16-5-3-2-4-6-16;/h2-13,20H,14-15H2,1H3,(H,28,30);1H. The maximum atomic E-state index is 13.9. The first-order valence-electron chi connectivity index (χ1n) is 9.84. The third kappa shape index (κ3) is 5.82. The molecule has 1 heterocycles. The topological polar surface area (TPSA) is 44.7 Å². The molecule has 0 aromatic heterocycles. The summed E-state index contributed by atoms with van der Waals surface area (Å²) in [6, 6.07) is 22.5. The molecule has 166 valence electrons. The summed E-state index contributed by atoms with van der Waals surface area (Å²) in [4.78, 5) is 19.1. The van der Waals surface area contributed by atoms with Crippen LogP contribution in [-0.4, -0.2) is 34.8 Å². The van der Waals surface area contributed by atoms with Gasteiger partial charge in [-0.3, -0.25) is 4.79 Å². The van der Waals surface area contributed by atoms with Gasteiger partial charge < -0.3 is 10.2 Å². The number of amidine groups is 1. The number of hydrogen-bond acceptors (Lipinski definition) is 3. The number of aliphatic imine (C=N–C) groups is 1. The molecule has 1 N–H and O–H groups in total. The van der Waals surface area contributed by atoms with E-state index in [9.17, 15) is 9.18 Å². The zero-order valence-corrected chi connectivity index (χ0v) is 19.7. The zero-order valence-electron chi connectivity index (χ0n) is 17.3. The maximum Gasteiger partial charge on any atom is 0.226 e. The molecule has 0 saturated carbocycles. The van der Waals surface area contributed by atoms with Crippen LogP contribution in [0.5, 0.6) is 0 Å². The third-order valence-corrected chi connectivity index (χ3v) is 6.50. The van der Waals surface area contributed by atoms with Crippen LogP contribution in [0.1, 0.15) is 6.42 Å². The first kappa shape index (κ1) is 24.1. The largest absolute Gasteiger partial charge is 0.350 e. The highest BCUT2D eigenvalue weighted by Gasteiger charge is 2.29. The van der Waals surface area contributed by atoms with Gasteiger partial charge in [0.1, 0.15) is 5.82 Å². The molecule has 4 rings (SSSR count). The van der Waals surface area contributed by atoms with E-state index in [-0.39, 0.29) is 36.5 Å². The summed E-state index contributed by atoms with van der Waals surface area (Å²) in [7, 11) is 1.93. The molecule has 0 aliphatic carbocycles. The monoisotopic (exact) mass is 489 g/mol. The minimum atomic E-state index is -0.545. The van der Waals surface area contributed by atoms with E-state index in [0.717, 1.165) is 27.7 Å². The van der Waals surface area contributed by atoms with Crippen molar-refractivity contribution in [1.82, 2.24) is 4.90 Å². The summed E-state index contributed by atoms with van der Waals surface area (Å²) >= 11 is 7.37. The number of nitrogens with zero attached hydrogens (tertiary/aromatic N) is 2. The Morgan fingerprint density at radius 1 is 1.12 bits per heavy atom. The fourth-order valence-electron chi connectivity index (χ4n) is 3.32. The third-order valence-electron chi connectivity index (χ3n) is 5.08. The lowest BCUT2D eigenvalue weighted by atomic mass is 10.1. The molecule has 1 aliphatic heterocycles. The van der Waals surface area contributed by atoms with Crippen LogP contribution in [0.25, 0.3) is 11.1 Å². The van der Waals surface area contributed by atoms with Gasteiger partial charge in [-0.2, -0.15) is 0 Å². The Labute approximate surface area is 202 Å². The van der Waals surface area contributed by atoms with Crippen LogP contribution in [0.4, 0.5) is 15.8 Å². The Hall–Kier alpha value is -2.54. The number of amides is 1. The van der Waals surface area contributed by atoms with E-state index < -0.39 is 5.82 Å². The predicted molar refractivity (Wildman–Crippen MR) is 135 cm³/mol. The number of rotatable bonds is 5.